The first-order chi connectivity index (χ1) is 21.8. The topological polar surface area (TPSA) is 103 Å². The Morgan fingerprint density at radius 1 is 0.933 bits per heavy atom. The van der Waals surface area contributed by atoms with Crippen LogP contribution in [0, 0.1) is 5.82 Å². The Kier molecular flexibility index (Phi) is 8.84. The molecule has 45 heavy (non-hydrogen) atoms. The SMILES string of the molecule is O=C(N[C@@H](Cc1ccc(Cl)cc1)C(=O)N1CCN(c2ccccc2CN2CCCC2=O)CC1)c1cc(=O)c2cccc(F)c2o1. The van der Waals surface area contributed by atoms with Crippen LogP contribution in [0.2, 0.25) is 5.02 Å². The van der Waals surface area contributed by atoms with Crippen molar-refractivity contribution >= 4 is 46.0 Å². The predicted octanol–water partition coefficient (Wildman–Crippen LogP) is 4.40. The maximum Gasteiger partial charge on any atom is 0.287 e. The molecule has 2 fully saturated rings. The molecule has 0 unspecified atom stereocenters. The van der Waals surface area contributed by atoms with Gasteiger partial charge in [-0.1, -0.05) is 48.0 Å². The molecule has 11 heteroatoms. The summed E-state index contributed by atoms with van der Waals surface area (Å²) in [6.07, 6.45) is 1.63. The number of carbonyl (C=O) groups is 3. The minimum atomic E-state index is -0.986. The number of halogens is 2. The normalized spacial score (nSPS) is 15.9. The van der Waals surface area contributed by atoms with Gasteiger partial charge in [0.25, 0.3) is 5.91 Å². The maximum absolute atomic E-state index is 14.4. The lowest BCUT2D eigenvalue weighted by molar-refractivity contribution is -0.133. The van der Waals surface area contributed by atoms with Gasteiger partial charge in [0.2, 0.25) is 11.8 Å². The number of likely N-dealkylation sites (tertiary alicyclic amines) is 1. The van der Waals surface area contributed by atoms with E-state index in [9.17, 15) is 23.6 Å². The highest BCUT2D eigenvalue weighted by Gasteiger charge is 2.31. The zero-order chi connectivity index (χ0) is 31.5. The van der Waals surface area contributed by atoms with E-state index in [1.807, 2.05) is 29.2 Å². The van der Waals surface area contributed by atoms with E-state index in [4.69, 9.17) is 16.0 Å². The molecule has 1 aromatic heterocycles. The van der Waals surface area contributed by atoms with Crippen LogP contribution in [0.15, 0.2) is 82.0 Å². The number of piperazine rings is 1. The van der Waals surface area contributed by atoms with Crippen LogP contribution in [0.3, 0.4) is 0 Å². The summed E-state index contributed by atoms with van der Waals surface area (Å²) in [7, 11) is 0. The van der Waals surface area contributed by atoms with Crippen molar-refractivity contribution in [3.05, 3.63) is 111 Å². The summed E-state index contributed by atoms with van der Waals surface area (Å²) in [4.78, 5) is 57.9. The first-order valence-corrected chi connectivity index (χ1v) is 15.3. The molecular weight excluding hydrogens is 599 g/mol. The summed E-state index contributed by atoms with van der Waals surface area (Å²) in [6.45, 7) is 3.28. The van der Waals surface area contributed by atoms with Crippen molar-refractivity contribution in [3.8, 4) is 0 Å². The molecule has 2 aliphatic heterocycles. The van der Waals surface area contributed by atoms with E-state index >= 15 is 0 Å². The molecule has 1 N–H and O–H groups in total. The molecule has 4 aromatic rings. The summed E-state index contributed by atoms with van der Waals surface area (Å²) in [5.74, 6) is -2.07. The number of carbonyl (C=O) groups excluding carboxylic acids is 3. The molecule has 0 spiro atoms. The highest BCUT2D eigenvalue weighted by Crippen LogP contribution is 2.26. The van der Waals surface area contributed by atoms with E-state index in [1.165, 1.54) is 12.1 Å². The van der Waals surface area contributed by atoms with Gasteiger partial charge in [0.15, 0.2) is 22.6 Å². The lowest BCUT2D eigenvalue weighted by Gasteiger charge is -2.38. The van der Waals surface area contributed by atoms with E-state index in [0.29, 0.717) is 44.2 Å². The van der Waals surface area contributed by atoms with Crippen molar-refractivity contribution in [2.75, 3.05) is 37.6 Å². The monoisotopic (exact) mass is 630 g/mol. The molecule has 2 saturated heterocycles. The van der Waals surface area contributed by atoms with Crippen LogP contribution in [0.4, 0.5) is 10.1 Å². The molecule has 0 aliphatic carbocycles. The fourth-order valence-corrected chi connectivity index (χ4v) is 6.08. The van der Waals surface area contributed by atoms with Gasteiger partial charge < -0.3 is 24.4 Å². The smallest absolute Gasteiger partial charge is 0.287 e. The molecule has 232 valence electrons. The number of nitrogens with zero attached hydrogens (tertiary/aromatic N) is 3. The van der Waals surface area contributed by atoms with E-state index in [-0.39, 0.29) is 35.0 Å². The quantitative estimate of drug-likeness (QED) is 0.310. The second-order valence-electron chi connectivity index (χ2n) is 11.3. The minimum Gasteiger partial charge on any atom is -0.448 e. The van der Waals surface area contributed by atoms with E-state index < -0.39 is 23.2 Å². The Bertz CT molecular complexity index is 1800. The predicted molar refractivity (Wildman–Crippen MR) is 169 cm³/mol. The largest absolute Gasteiger partial charge is 0.448 e. The van der Waals surface area contributed by atoms with Crippen LogP contribution in [0.5, 0.6) is 0 Å². The van der Waals surface area contributed by atoms with Crippen LogP contribution >= 0.6 is 11.6 Å². The van der Waals surface area contributed by atoms with Crippen LogP contribution in [-0.4, -0.2) is 66.3 Å². The zero-order valence-corrected chi connectivity index (χ0v) is 25.3. The molecule has 1 atom stereocenters. The average molecular weight is 631 g/mol. The fraction of sp³-hybridized carbons (Fsp3) is 0.294. The van der Waals surface area contributed by atoms with E-state index in [1.54, 1.807) is 29.2 Å². The Hall–Kier alpha value is -4.70. The maximum atomic E-state index is 14.4. The molecule has 3 heterocycles. The number of hydrogen-bond donors (Lipinski definition) is 1. The fourth-order valence-electron chi connectivity index (χ4n) is 5.96. The van der Waals surface area contributed by atoms with Gasteiger partial charge in [0, 0.05) is 68.9 Å². The van der Waals surface area contributed by atoms with Gasteiger partial charge in [-0.3, -0.25) is 19.2 Å². The molecular formula is C34H32ClFN4O5. The van der Waals surface area contributed by atoms with Gasteiger partial charge in [-0.25, -0.2) is 4.39 Å². The lowest BCUT2D eigenvalue weighted by atomic mass is 10.0. The van der Waals surface area contributed by atoms with Crippen molar-refractivity contribution in [2.45, 2.75) is 31.8 Å². The first kappa shape index (κ1) is 30.3. The number of nitrogens with one attached hydrogen (secondary N) is 1. The Morgan fingerprint density at radius 3 is 2.42 bits per heavy atom. The zero-order valence-electron chi connectivity index (χ0n) is 24.5. The highest BCUT2D eigenvalue weighted by atomic mass is 35.5. The van der Waals surface area contributed by atoms with Crippen LogP contribution in [-0.2, 0) is 22.6 Å². The molecule has 3 amide bonds. The van der Waals surface area contributed by atoms with E-state index in [0.717, 1.165) is 41.9 Å². The van der Waals surface area contributed by atoms with Gasteiger partial charge in [-0.05, 0) is 47.9 Å². The molecule has 2 aliphatic rings. The third kappa shape index (κ3) is 6.71. The molecule has 0 saturated carbocycles. The van der Waals surface area contributed by atoms with Gasteiger partial charge in [0.1, 0.15) is 6.04 Å². The molecule has 9 nitrogen and oxygen atoms in total. The summed E-state index contributed by atoms with van der Waals surface area (Å²) in [5, 5.41) is 3.29. The van der Waals surface area contributed by atoms with Gasteiger partial charge in [-0.2, -0.15) is 0 Å². The third-order valence-corrected chi connectivity index (χ3v) is 8.60. The summed E-state index contributed by atoms with van der Waals surface area (Å²) in [5.41, 5.74) is 1.99. The van der Waals surface area contributed by atoms with Crippen molar-refractivity contribution < 1.29 is 23.2 Å². The molecule has 0 bridgehead atoms. The Labute approximate surface area is 264 Å². The van der Waals surface area contributed by atoms with Crippen molar-refractivity contribution in [1.29, 1.82) is 0 Å². The van der Waals surface area contributed by atoms with Gasteiger partial charge >= 0.3 is 0 Å². The van der Waals surface area contributed by atoms with Crippen molar-refractivity contribution in [2.24, 2.45) is 0 Å². The van der Waals surface area contributed by atoms with Gasteiger partial charge in [-0.15, -0.1) is 0 Å². The molecule has 3 aromatic carbocycles. The number of hydrogen-bond acceptors (Lipinski definition) is 6. The van der Waals surface area contributed by atoms with Gasteiger partial charge in [0.05, 0.1) is 5.39 Å². The molecule has 0 radical (unpaired) electrons. The number of rotatable bonds is 8. The number of para-hydroxylation sites is 2. The first-order valence-electron chi connectivity index (χ1n) is 14.9. The van der Waals surface area contributed by atoms with Crippen LogP contribution < -0.4 is 15.6 Å². The molecule has 6 rings (SSSR count). The van der Waals surface area contributed by atoms with E-state index in [2.05, 4.69) is 10.2 Å². The van der Waals surface area contributed by atoms with Crippen LogP contribution in [0.25, 0.3) is 11.0 Å². The van der Waals surface area contributed by atoms with Crippen LogP contribution in [0.1, 0.15) is 34.5 Å². The lowest BCUT2D eigenvalue weighted by Crippen LogP contribution is -2.55. The second-order valence-corrected chi connectivity index (χ2v) is 11.7. The highest BCUT2D eigenvalue weighted by molar-refractivity contribution is 6.30. The average Bonchev–Trinajstić information content (AvgIpc) is 3.46. The second kappa shape index (κ2) is 13.1. The Balaban J connectivity index is 1.19. The summed E-state index contributed by atoms with van der Waals surface area (Å²) in [6, 6.07) is 19.0. The third-order valence-electron chi connectivity index (χ3n) is 8.34. The number of fused-ring (bicyclic) bond motifs is 1. The van der Waals surface area contributed by atoms with Crippen molar-refractivity contribution in [3.63, 3.8) is 0 Å². The Morgan fingerprint density at radius 2 is 1.69 bits per heavy atom. The summed E-state index contributed by atoms with van der Waals surface area (Å²) < 4.78 is 19.9. The number of anilines is 1. The standard InChI is InChI=1S/C34H32ClFN4O5/c35-24-12-10-22(11-13-24)19-27(37-33(43)30-20-29(41)25-6-3-7-26(36)32(25)45-30)34(44)39-17-15-38(16-18-39)28-8-2-1-5-23(28)21-40-14-4-9-31(40)42/h1-3,5-8,10-13,20,27H,4,9,14-19,21H2,(H,37,43)/t27-/m0/s1. The number of amides is 3. The number of benzene rings is 3. The summed E-state index contributed by atoms with van der Waals surface area (Å²) >= 11 is 6.06. The minimum absolute atomic E-state index is 0.0202. The van der Waals surface area contributed by atoms with Crippen molar-refractivity contribution in [1.82, 2.24) is 15.1 Å².